The van der Waals surface area contributed by atoms with Crippen molar-refractivity contribution in [1.82, 2.24) is 15.6 Å². The Balaban J connectivity index is 1.29. The van der Waals surface area contributed by atoms with Gasteiger partial charge in [-0.1, -0.05) is 6.07 Å². The molecule has 0 radical (unpaired) electrons. The summed E-state index contributed by atoms with van der Waals surface area (Å²) in [5.74, 6) is 0.242. The molecule has 1 aliphatic heterocycles. The number of nitrogens with zero attached hydrogens (tertiary/aromatic N) is 1. The maximum atomic E-state index is 11.9. The molecule has 2 heterocycles. The summed E-state index contributed by atoms with van der Waals surface area (Å²) in [6.45, 7) is 4.36. The van der Waals surface area contributed by atoms with Crippen LogP contribution in [0.2, 0.25) is 0 Å². The van der Waals surface area contributed by atoms with E-state index < -0.39 is 24.2 Å². The summed E-state index contributed by atoms with van der Waals surface area (Å²) in [4.78, 5) is 39.0. The Kier molecular flexibility index (Phi) is 9.50. The summed E-state index contributed by atoms with van der Waals surface area (Å²) in [6.07, 6.45) is 5.04. The van der Waals surface area contributed by atoms with Crippen LogP contribution in [0.1, 0.15) is 57.2 Å². The van der Waals surface area contributed by atoms with Crippen molar-refractivity contribution in [3.63, 3.8) is 0 Å². The van der Waals surface area contributed by atoms with Gasteiger partial charge in [-0.15, -0.1) is 0 Å². The molecule has 0 unspecified atom stereocenters. The van der Waals surface area contributed by atoms with E-state index in [9.17, 15) is 19.5 Å². The molecule has 10 nitrogen and oxygen atoms in total. The maximum Gasteiger partial charge on any atom is 0.408 e. The predicted molar refractivity (Wildman–Crippen MR) is 126 cm³/mol. The zero-order valence-electron chi connectivity index (χ0n) is 20.0. The Labute approximate surface area is 200 Å². The first-order valence-electron chi connectivity index (χ1n) is 12.1. The molecular weight excluding hydrogens is 440 g/mol. The number of anilines is 1. The molecule has 2 amide bonds. The quantitative estimate of drug-likeness (QED) is 0.360. The molecule has 1 aromatic heterocycles. The molecule has 4 N–H and O–H groups in total. The van der Waals surface area contributed by atoms with Gasteiger partial charge < -0.3 is 30.5 Å². The highest BCUT2D eigenvalue weighted by molar-refractivity contribution is 5.80. The van der Waals surface area contributed by atoms with Crippen LogP contribution in [0.15, 0.2) is 12.1 Å². The lowest BCUT2D eigenvalue weighted by Crippen LogP contribution is -2.44. The van der Waals surface area contributed by atoms with Crippen LogP contribution in [0.4, 0.5) is 10.6 Å². The summed E-state index contributed by atoms with van der Waals surface area (Å²) in [6, 6.07) is 3.21. The van der Waals surface area contributed by atoms with Gasteiger partial charge >= 0.3 is 12.1 Å². The molecule has 2 aliphatic rings. The number of rotatable bonds is 12. The minimum atomic E-state index is -1.14. The highest BCUT2D eigenvalue weighted by Crippen LogP contribution is 2.34. The predicted octanol–water partition coefficient (Wildman–Crippen LogP) is 2.26. The van der Waals surface area contributed by atoms with Crippen molar-refractivity contribution in [2.24, 2.45) is 5.92 Å². The molecule has 2 atom stereocenters. The van der Waals surface area contributed by atoms with Gasteiger partial charge in [0.25, 0.3) is 0 Å². The van der Waals surface area contributed by atoms with Gasteiger partial charge in [0, 0.05) is 32.2 Å². The number of carbonyl (C=O) groups excluding carboxylic acids is 2. The molecule has 0 aromatic carbocycles. The number of alkyl carbamates (subject to hydrolysis) is 1. The maximum absolute atomic E-state index is 11.9. The molecule has 188 valence electrons. The van der Waals surface area contributed by atoms with E-state index in [2.05, 4.69) is 28.1 Å². The van der Waals surface area contributed by atoms with E-state index in [4.69, 9.17) is 14.5 Å². The average molecular weight is 477 g/mol. The van der Waals surface area contributed by atoms with Crippen LogP contribution in [0.5, 0.6) is 0 Å². The fourth-order valence-corrected chi connectivity index (χ4v) is 4.20. The molecule has 34 heavy (non-hydrogen) atoms. The van der Waals surface area contributed by atoms with Gasteiger partial charge in [0.05, 0.1) is 12.6 Å². The Morgan fingerprint density at radius 2 is 2.09 bits per heavy atom. The molecule has 0 bridgehead atoms. The Bertz CT molecular complexity index is 858. The molecule has 3 rings (SSSR count). The SMILES string of the molecule is CC(=O)NC[C@@H](C)OC(=O)N[C@@H](CCO[C@H]1C[C@H](CCc2ccc3c(n2)NCCC3)C1)C(=O)O. The van der Waals surface area contributed by atoms with Gasteiger partial charge in [0.2, 0.25) is 5.91 Å². The Hall–Kier alpha value is -2.88. The van der Waals surface area contributed by atoms with Crippen molar-refractivity contribution in [1.29, 1.82) is 0 Å². The number of fused-ring (bicyclic) bond motifs is 1. The number of ether oxygens (including phenoxy) is 2. The molecule has 1 aliphatic carbocycles. The summed E-state index contributed by atoms with van der Waals surface area (Å²) < 4.78 is 10.9. The van der Waals surface area contributed by atoms with Crippen LogP contribution in [0.25, 0.3) is 0 Å². The van der Waals surface area contributed by atoms with Crippen LogP contribution in [-0.2, 0) is 31.9 Å². The molecule has 0 saturated heterocycles. The molecule has 1 saturated carbocycles. The molecule has 0 spiro atoms. The van der Waals surface area contributed by atoms with Crippen molar-refractivity contribution in [2.75, 3.05) is 25.0 Å². The number of aliphatic carboxylic acids is 1. The van der Waals surface area contributed by atoms with Crippen LogP contribution < -0.4 is 16.0 Å². The minimum Gasteiger partial charge on any atom is -0.480 e. The third-order valence-electron chi connectivity index (χ3n) is 6.25. The van der Waals surface area contributed by atoms with E-state index in [0.717, 1.165) is 56.6 Å². The zero-order valence-corrected chi connectivity index (χ0v) is 20.0. The lowest BCUT2D eigenvalue weighted by atomic mass is 9.79. The smallest absolute Gasteiger partial charge is 0.408 e. The first kappa shape index (κ1) is 25.7. The Morgan fingerprint density at radius 3 is 2.82 bits per heavy atom. The summed E-state index contributed by atoms with van der Waals surface area (Å²) in [5.41, 5.74) is 2.42. The van der Waals surface area contributed by atoms with Crippen LogP contribution in [0.3, 0.4) is 0 Å². The van der Waals surface area contributed by atoms with Gasteiger partial charge in [-0.3, -0.25) is 4.79 Å². The van der Waals surface area contributed by atoms with Gasteiger partial charge in [-0.25, -0.2) is 14.6 Å². The third-order valence-corrected chi connectivity index (χ3v) is 6.25. The highest BCUT2D eigenvalue weighted by Gasteiger charge is 2.30. The van der Waals surface area contributed by atoms with Crippen molar-refractivity contribution in [2.45, 2.75) is 77.0 Å². The van der Waals surface area contributed by atoms with Gasteiger partial charge in [-0.05, 0) is 63.0 Å². The lowest BCUT2D eigenvalue weighted by Gasteiger charge is -2.35. The van der Waals surface area contributed by atoms with E-state index >= 15 is 0 Å². The highest BCUT2D eigenvalue weighted by atomic mass is 16.6. The first-order chi connectivity index (χ1) is 16.3. The second-order valence-electron chi connectivity index (χ2n) is 9.19. The minimum absolute atomic E-state index is 0.127. The number of hydrogen-bond donors (Lipinski definition) is 4. The third kappa shape index (κ3) is 8.16. The topological polar surface area (TPSA) is 139 Å². The molecule has 1 aromatic rings. The van der Waals surface area contributed by atoms with Crippen molar-refractivity contribution < 1.29 is 29.0 Å². The monoisotopic (exact) mass is 476 g/mol. The average Bonchev–Trinajstić information content (AvgIpc) is 2.77. The summed E-state index contributed by atoms with van der Waals surface area (Å²) in [5, 5.41) is 17.6. The van der Waals surface area contributed by atoms with Crippen LogP contribution in [0, 0.1) is 5.92 Å². The number of pyridine rings is 1. The van der Waals surface area contributed by atoms with Gasteiger partial charge in [0.15, 0.2) is 0 Å². The van der Waals surface area contributed by atoms with E-state index in [1.807, 2.05) is 0 Å². The number of carboxylic acids is 1. The lowest BCUT2D eigenvalue weighted by molar-refractivity contribution is -0.140. The number of carbonyl (C=O) groups is 3. The van der Waals surface area contributed by atoms with Crippen molar-refractivity contribution in [3.05, 3.63) is 23.4 Å². The second-order valence-corrected chi connectivity index (χ2v) is 9.19. The zero-order chi connectivity index (χ0) is 24.5. The number of aromatic nitrogens is 1. The van der Waals surface area contributed by atoms with E-state index in [1.165, 1.54) is 12.5 Å². The fraction of sp³-hybridized carbons (Fsp3) is 0.667. The molecule has 1 fully saturated rings. The summed E-state index contributed by atoms with van der Waals surface area (Å²) >= 11 is 0. The number of nitrogens with one attached hydrogen (secondary N) is 3. The number of carboxylic acid groups (broad SMARTS) is 1. The molecule has 10 heteroatoms. The van der Waals surface area contributed by atoms with Crippen LogP contribution in [-0.4, -0.2) is 66.0 Å². The van der Waals surface area contributed by atoms with E-state index in [0.29, 0.717) is 5.92 Å². The van der Waals surface area contributed by atoms with Crippen molar-refractivity contribution >= 4 is 23.8 Å². The molecular formula is C24H36N4O6. The van der Waals surface area contributed by atoms with E-state index in [1.54, 1.807) is 6.92 Å². The van der Waals surface area contributed by atoms with Gasteiger partial charge in [0.1, 0.15) is 18.0 Å². The van der Waals surface area contributed by atoms with E-state index in [-0.39, 0.29) is 31.6 Å². The summed E-state index contributed by atoms with van der Waals surface area (Å²) in [7, 11) is 0. The first-order valence-corrected chi connectivity index (χ1v) is 12.1. The van der Waals surface area contributed by atoms with Crippen LogP contribution >= 0.6 is 0 Å². The largest absolute Gasteiger partial charge is 0.480 e. The second kappa shape index (κ2) is 12.5. The Morgan fingerprint density at radius 1 is 1.29 bits per heavy atom. The number of amides is 2. The fourth-order valence-electron chi connectivity index (χ4n) is 4.20. The van der Waals surface area contributed by atoms with Crippen molar-refractivity contribution in [3.8, 4) is 0 Å². The van der Waals surface area contributed by atoms with Gasteiger partial charge in [-0.2, -0.15) is 0 Å². The normalized spacial score (nSPS) is 20.6. The standard InChI is InChI=1S/C24H36N4O6/c1-15(14-26-16(2)29)34-24(32)28-21(23(30)31)9-11-33-20-12-17(13-20)5-7-19-8-6-18-4-3-10-25-22(18)27-19/h6,8,15,17,20-21H,3-5,7,9-14H2,1-2H3,(H,25,27)(H,26,29)(H,28,32)(H,30,31)/t15-,17-,20-,21+/m1/s1. The number of aryl methyl sites for hydroxylation is 2. The number of hydrogen-bond acceptors (Lipinski definition) is 7.